The lowest BCUT2D eigenvalue weighted by molar-refractivity contribution is 0.102. The van der Waals surface area contributed by atoms with E-state index in [0.717, 1.165) is 17.5 Å². The van der Waals surface area contributed by atoms with Crippen LogP contribution >= 0.6 is 0 Å². The number of fused-ring (bicyclic) bond motifs is 1. The van der Waals surface area contributed by atoms with E-state index in [0.29, 0.717) is 16.9 Å². The molecule has 1 amide bonds. The van der Waals surface area contributed by atoms with Crippen molar-refractivity contribution >= 4 is 32.5 Å². The van der Waals surface area contributed by atoms with Gasteiger partial charge in [-0.2, -0.15) is 15.3 Å². The smallest absolute Gasteiger partial charge is 0.260 e. The number of nitrogens with one attached hydrogen (secondary N) is 2. The number of aromatic nitrogens is 6. The molecule has 0 atom stereocenters. The molecule has 0 radical (unpaired) electrons. The third-order valence-corrected chi connectivity index (χ3v) is 6.05. The fraction of sp³-hybridized carbons (Fsp3) is 0.0476. The SMILES string of the molecule is CS(=O)(=O)c1ccccc1-n1cc(C(=O)Nc2n[nH]c3cccc(-n4cccn4)c23)cn1. The van der Waals surface area contributed by atoms with Gasteiger partial charge >= 0.3 is 0 Å². The molecule has 0 saturated heterocycles. The van der Waals surface area contributed by atoms with Crippen molar-refractivity contribution in [3.8, 4) is 11.4 Å². The summed E-state index contributed by atoms with van der Waals surface area (Å²) in [7, 11) is -3.47. The number of nitrogens with zero attached hydrogens (tertiary/aromatic N) is 5. The Balaban J connectivity index is 1.49. The molecule has 0 fully saturated rings. The molecular formula is C21H17N7O3S. The molecule has 5 rings (SSSR count). The van der Waals surface area contributed by atoms with Crippen LogP contribution in [0.4, 0.5) is 5.82 Å². The lowest BCUT2D eigenvalue weighted by Gasteiger charge is -2.07. The van der Waals surface area contributed by atoms with E-state index in [-0.39, 0.29) is 10.5 Å². The van der Waals surface area contributed by atoms with Gasteiger partial charge in [-0.15, -0.1) is 0 Å². The van der Waals surface area contributed by atoms with Crippen molar-refractivity contribution in [2.75, 3.05) is 11.6 Å². The molecule has 0 bridgehead atoms. The van der Waals surface area contributed by atoms with Crippen molar-refractivity contribution in [2.45, 2.75) is 4.90 Å². The van der Waals surface area contributed by atoms with Gasteiger partial charge in [0.2, 0.25) is 0 Å². The van der Waals surface area contributed by atoms with Crippen molar-refractivity contribution in [1.29, 1.82) is 0 Å². The van der Waals surface area contributed by atoms with Crippen LogP contribution in [0.3, 0.4) is 0 Å². The summed E-state index contributed by atoms with van der Waals surface area (Å²) in [6, 6.07) is 13.9. The highest BCUT2D eigenvalue weighted by Crippen LogP contribution is 2.27. The molecular weight excluding hydrogens is 430 g/mol. The largest absolute Gasteiger partial charge is 0.304 e. The molecule has 0 aliphatic heterocycles. The molecule has 160 valence electrons. The zero-order chi connectivity index (χ0) is 22.3. The summed E-state index contributed by atoms with van der Waals surface area (Å²) in [5.41, 5.74) is 2.11. The number of hydrogen-bond acceptors (Lipinski definition) is 6. The van der Waals surface area contributed by atoms with Gasteiger partial charge in [0, 0.05) is 24.8 Å². The lowest BCUT2D eigenvalue weighted by atomic mass is 10.2. The normalized spacial score (nSPS) is 11.7. The monoisotopic (exact) mass is 447 g/mol. The first-order valence-corrected chi connectivity index (χ1v) is 11.4. The molecule has 0 spiro atoms. The highest BCUT2D eigenvalue weighted by atomic mass is 32.2. The second-order valence-electron chi connectivity index (χ2n) is 7.09. The number of aromatic amines is 1. The average Bonchev–Trinajstić information content (AvgIpc) is 3.54. The van der Waals surface area contributed by atoms with Crippen LogP contribution < -0.4 is 5.32 Å². The number of hydrogen-bond donors (Lipinski definition) is 2. The topological polar surface area (TPSA) is 128 Å². The van der Waals surface area contributed by atoms with E-state index in [1.807, 2.05) is 18.2 Å². The molecule has 0 aliphatic rings. The van der Waals surface area contributed by atoms with E-state index in [2.05, 4.69) is 25.7 Å². The number of rotatable bonds is 5. The minimum Gasteiger partial charge on any atom is -0.304 e. The van der Waals surface area contributed by atoms with Crippen molar-refractivity contribution in [3.05, 3.63) is 78.9 Å². The Morgan fingerprint density at radius 1 is 1.00 bits per heavy atom. The van der Waals surface area contributed by atoms with E-state index in [4.69, 9.17) is 0 Å². The Morgan fingerprint density at radius 2 is 1.81 bits per heavy atom. The number of sulfone groups is 1. The summed E-state index contributed by atoms with van der Waals surface area (Å²) in [4.78, 5) is 13.0. The standard InChI is InChI=1S/C21H17N7O3S/c1-32(30,31)18-9-3-2-7-16(18)28-13-14(12-23-28)21(29)24-20-19-15(25-26-20)6-4-8-17(19)27-11-5-10-22-27/h2-13H,1H3,(H2,24,25,26,29). The summed E-state index contributed by atoms with van der Waals surface area (Å²) >= 11 is 0. The van der Waals surface area contributed by atoms with Gasteiger partial charge in [0.25, 0.3) is 5.91 Å². The summed E-state index contributed by atoms with van der Waals surface area (Å²) in [6.45, 7) is 0. The molecule has 0 saturated carbocycles. The van der Waals surface area contributed by atoms with Gasteiger partial charge in [-0.3, -0.25) is 9.89 Å². The van der Waals surface area contributed by atoms with Gasteiger partial charge in [-0.1, -0.05) is 18.2 Å². The van der Waals surface area contributed by atoms with Crippen LogP contribution in [-0.4, -0.2) is 50.3 Å². The van der Waals surface area contributed by atoms with Crippen molar-refractivity contribution in [2.24, 2.45) is 0 Å². The molecule has 2 aromatic carbocycles. The fourth-order valence-electron chi connectivity index (χ4n) is 3.46. The van der Waals surface area contributed by atoms with Gasteiger partial charge in [-0.05, 0) is 30.3 Å². The summed E-state index contributed by atoms with van der Waals surface area (Å²) < 4.78 is 27.2. The zero-order valence-corrected chi connectivity index (χ0v) is 17.6. The molecule has 11 heteroatoms. The number of amides is 1. The Kier molecular flexibility index (Phi) is 4.59. The minimum atomic E-state index is -3.47. The molecule has 3 heterocycles. The van der Waals surface area contributed by atoms with Crippen molar-refractivity contribution in [3.63, 3.8) is 0 Å². The van der Waals surface area contributed by atoms with Crippen LogP contribution in [-0.2, 0) is 9.84 Å². The second-order valence-corrected chi connectivity index (χ2v) is 9.07. The lowest BCUT2D eigenvalue weighted by Crippen LogP contribution is -2.12. The minimum absolute atomic E-state index is 0.122. The van der Waals surface area contributed by atoms with E-state index >= 15 is 0 Å². The van der Waals surface area contributed by atoms with E-state index < -0.39 is 15.7 Å². The zero-order valence-electron chi connectivity index (χ0n) is 16.8. The van der Waals surface area contributed by atoms with Crippen molar-refractivity contribution in [1.82, 2.24) is 29.8 Å². The Morgan fingerprint density at radius 3 is 2.59 bits per heavy atom. The first kappa shape index (κ1) is 19.7. The molecule has 3 aromatic heterocycles. The third-order valence-electron chi connectivity index (χ3n) is 4.91. The number of H-pyrrole nitrogens is 1. The van der Waals surface area contributed by atoms with Gasteiger partial charge in [0.05, 0.1) is 38.9 Å². The summed E-state index contributed by atoms with van der Waals surface area (Å²) in [6.07, 6.45) is 7.44. The summed E-state index contributed by atoms with van der Waals surface area (Å²) in [5, 5.41) is 19.1. The van der Waals surface area contributed by atoms with Crippen LogP contribution in [0.25, 0.3) is 22.3 Å². The maximum absolute atomic E-state index is 12.9. The van der Waals surface area contributed by atoms with Crippen LogP contribution in [0.2, 0.25) is 0 Å². The highest BCUT2D eigenvalue weighted by molar-refractivity contribution is 7.90. The predicted molar refractivity (Wildman–Crippen MR) is 118 cm³/mol. The predicted octanol–water partition coefficient (Wildman–Crippen LogP) is 2.59. The fourth-order valence-corrected chi connectivity index (χ4v) is 4.33. The number of anilines is 1. The van der Waals surface area contributed by atoms with Crippen LogP contribution in [0, 0.1) is 0 Å². The van der Waals surface area contributed by atoms with Crippen LogP contribution in [0.5, 0.6) is 0 Å². The number of para-hydroxylation sites is 1. The maximum Gasteiger partial charge on any atom is 0.260 e. The Labute approximate surface area is 182 Å². The maximum atomic E-state index is 12.9. The molecule has 10 nitrogen and oxygen atoms in total. The quantitative estimate of drug-likeness (QED) is 0.426. The molecule has 32 heavy (non-hydrogen) atoms. The van der Waals surface area contributed by atoms with Crippen LogP contribution in [0.1, 0.15) is 10.4 Å². The Hall–Kier alpha value is -4.25. The first-order chi connectivity index (χ1) is 15.4. The van der Waals surface area contributed by atoms with E-state index in [1.165, 1.54) is 23.1 Å². The Bertz CT molecular complexity index is 1550. The van der Waals surface area contributed by atoms with Gasteiger partial charge in [0.1, 0.15) is 0 Å². The second kappa shape index (κ2) is 7.46. The molecule has 5 aromatic rings. The highest BCUT2D eigenvalue weighted by Gasteiger charge is 2.19. The number of carbonyl (C=O) groups is 1. The average molecular weight is 447 g/mol. The number of benzene rings is 2. The number of carbonyl (C=O) groups excluding carboxylic acids is 1. The summed E-state index contributed by atoms with van der Waals surface area (Å²) in [5.74, 6) is -0.0860. The van der Waals surface area contributed by atoms with Gasteiger partial charge in [-0.25, -0.2) is 17.8 Å². The van der Waals surface area contributed by atoms with E-state index in [1.54, 1.807) is 41.3 Å². The van der Waals surface area contributed by atoms with Gasteiger partial charge in [0.15, 0.2) is 15.7 Å². The third kappa shape index (κ3) is 3.44. The van der Waals surface area contributed by atoms with E-state index in [9.17, 15) is 13.2 Å². The van der Waals surface area contributed by atoms with Gasteiger partial charge < -0.3 is 5.32 Å². The molecule has 2 N–H and O–H groups in total. The first-order valence-electron chi connectivity index (χ1n) is 9.54. The van der Waals surface area contributed by atoms with Crippen molar-refractivity contribution < 1.29 is 13.2 Å². The molecule has 0 unspecified atom stereocenters. The molecule has 0 aliphatic carbocycles. The van der Waals surface area contributed by atoms with Crippen LogP contribution in [0.15, 0.2) is 78.2 Å².